The minimum absolute atomic E-state index is 0.103. The SMILES string of the molecule is CNC(=O)COc1cc2cc(Nc3nc(N4CCC(N5C[C@H]6CC[C@@H](C5)O6)CC4)ncc3Cl)ccc2n(C)c1=O. The summed E-state index contributed by atoms with van der Waals surface area (Å²) in [6.07, 6.45) is 6.97. The molecule has 0 radical (unpaired) electrons. The van der Waals surface area contributed by atoms with E-state index in [9.17, 15) is 9.59 Å². The van der Waals surface area contributed by atoms with Crippen molar-refractivity contribution < 1.29 is 14.3 Å². The zero-order valence-electron chi connectivity index (χ0n) is 22.7. The Morgan fingerprint density at radius 3 is 2.62 bits per heavy atom. The van der Waals surface area contributed by atoms with Crippen LogP contribution in [0.1, 0.15) is 25.7 Å². The van der Waals surface area contributed by atoms with Crippen molar-refractivity contribution in [1.29, 1.82) is 0 Å². The number of carbonyl (C=O) groups excluding carboxylic acids is 1. The second-order valence-corrected chi connectivity index (χ2v) is 11.1. The van der Waals surface area contributed by atoms with Crippen LogP contribution >= 0.6 is 11.6 Å². The Morgan fingerprint density at radius 2 is 1.90 bits per heavy atom. The summed E-state index contributed by atoms with van der Waals surface area (Å²) in [4.78, 5) is 38.4. The highest BCUT2D eigenvalue weighted by Gasteiger charge is 2.37. The van der Waals surface area contributed by atoms with E-state index in [-0.39, 0.29) is 23.8 Å². The molecule has 0 saturated carbocycles. The summed E-state index contributed by atoms with van der Waals surface area (Å²) >= 11 is 6.49. The molecule has 40 heavy (non-hydrogen) atoms. The van der Waals surface area contributed by atoms with Crippen molar-refractivity contribution in [1.82, 2.24) is 24.8 Å². The number of aryl methyl sites for hydroxylation is 1. The van der Waals surface area contributed by atoms with Crippen LogP contribution in [0.5, 0.6) is 5.75 Å². The molecular formula is C28H34ClN7O4. The number of hydrogen-bond acceptors (Lipinski definition) is 9. The van der Waals surface area contributed by atoms with Crippen LogP contribution in [0.3, 0.4) is 0 Å². The molecule has 3 saturated heterocycles. The number of anilines is 3. The Balaban J connectivity index is 1.16. The quantitative estimate of drug-likeness (QED) is 0.445. The van der Waals surface area contributed by atoms with E-state index in [0.29, 0.717) is 35.0 Å². The van der Waals surface area contributed by atoms with E-state index in [1.54, 1.807) is 19.3 Å². The van der Waals surface area contributed by atoms with Gasteiger partial charge in [0, 0.05) is 57.4 Å². The number of benzene rings is 1. The summed E-state index contributed by atoms with van der Waals surface area (Å²) in [5, 5.41) is 6.97. The van der Waals surface area contributed by atoms with E-state index in [4.69, 9.17) is 26.1 Å². The monoisotopic (exact) mass is 567 g/mol. The summed E-state index contributed by atoms with van der Waals surface area (Å²) in [6.45, 7) is 3.64. The van der Waals surface area contributed by atoms with Gasteiger partial charge in [0.2, 0.25) is 5.95 Å². The van der Waals surface area contributed by atoms with E-state index in [1.807, 2.05) is 18.2 Å². The van der Waals surface area contributed by atoms with Crippen LogP contribution in [0, 0.1) is 0 Å². The maximum absolute atomic E-state index is 12.7. The number of rotatable bonds is 7. The molecule has 11 nitrogen and oxygen atoms in total. The number of pyridine rings is 1. The normalized spacial score (nSPS) is 21.5. The number of halogens is 1. The first-order valence-corrected chi connectivity index (χ1v) is 14.2. The third-order valence-electron chi connectivity index (χ3n) is 8.16. The number of morpholine rings is 1. The van der Waals surface area contributed by atoms with Gasteiger partial charge in [-0.25, -0.2) is 4.98 Å². The highest BCUT2D eigenvalue weighted by atomic mass is 35.5. The minimum Gasteiger partial charge on any atom is -0.478 e. The highest BCUT2D eigenvalue weighted by molar-refractivity contribution is 6.32. The van der Waals surface area contributed by atoms with Gasteiger partial charge in [0.25, 0.3) is 11.5 Å². The van der Waals surface area contributed by atoms with Crippen LogP contribution in [0.25, 0.3) is 10.9 Å². The molecule has 212 valence electrons. The summed E-state index contributed by atoms with van der Waals surface area (Å²) in [5.74, 6) is 0.953. The molecule has 0 unspecified atom stereocenters. The smallest absolute Gasteiger partial charge is 0.293 e. The molecule has 12 heteroatoms. The van der Waals surface area contributed by atoms with Crippen molar-refractivity contribution in [3.8, 4) is 5.75 Å². The van der Waals surface area contributed by atoms with Crippen LogP contribution in [0.15, 0.2) is 35.3 Å². The Labute approximate surface area is 237 Å². The number of likely N-dealkylation sites (tertiary alicyclic amines) is 1. The highest BCUT2D eigenvalue weighted by Crippen LogP contribution is 2.32. The summed E-state index contributed by atoms with van der Waals surface area (Å²) in [6, 6.07) is 7.82. The number of amides is 1. The molecule has 6 rings (SSSR count). The van der Waals surface area contributed by atoms with Crippen LogP contribution < -0.4 is 25.8 Å². The molecule has 5 heterocycles. The predicted octanol–water partition coefficient (Wildman–Crippen LogP) is 2.68. The lowest BCUT2D eigenvalue weighted by atomic mass is 10.0. The minimum atomic E-state index is -0.316. The van der Waals surface area contributed by atoms with Gasteiger partial charge in [0.15, 0.2) is 18.2 Å². The molecule has 3 aromatic rings. The first kappa shape index (κ1) is 26.8. The lowest BCUT2D eigenvalue weighted by Gasteiger charge is -2.42. The maximum atomic E-state index is 12.7. The molecule has 3 aliphatic rings. The molecule has 2 bridgehead atoms. The summed E-state index contributed by atoms with van der Waals surface area (Å²) in [5.41, 5.74) is 1.16. The van der Waals surface area contributed by atoms with Crippen LogP contribution in [0.4, 0.5) is 17.5 Å². The fraction of sp³-hybridized carbons (Fsp3) is 0.500. The van der Waals surface area contributed by atoms with Gasteiger partial charge in [-0.1, -0.05) is 11.6 Å². The van der Waals surface area contributed by atoms with Crippen molar-refractivity contribution in [3.63, 3.8) is 0 Å². The fourth-order valence-electron chi connectivity index (χ4n) is 5.96. The number of nitrogens with zero attached hydrogens (tertiary/aromatic N) is 5. The van der Waals surface area contributed by atoms with E-state index in [0.717, 1.165) is 55.6 Å². The number of ether oxygens (including phenoxy) is 2. The van der Waals surface area contributed by atoms with Crippen LogP contribution in [0.2, 0.25) is 5.02 Å². The number of hydrogen-bond donors (Lipinski definition) is 2. The van der Waals surface area contributed by atoms with Crippen molar-refractivity contribution in [2.75, 3.05) is 50.1 Å². The summed E-state index contributed by atoms with van der Waals surface area (Å²) < 4.78 is 13.0. The zero-order chi connectivity index (χ0) is 27.8. The van der Waals surface area contributed by atoms with Crippen molar-refractivity contribution in [3.05, 3.63) is 45.8 Å². The third-order valence-corrected chi connectivity index (χ3v) is 8.43. The predicted molar refractivity (Wildman–Crippen MR) is 154 cm³/mol. The van der Waals surface area contributed by atoms with Gasteiger partial charge in [-0.05, 0) is 49.9 Å². The number of aromatic nitrogens is 3. The Bertz CT molecular complexity index is 1460. The number of carbonyl (C=O) groups is 1. The van der Waals surface area contributed by atoms with Gasteiger partial charge >= 0.3 is 0 Å². The molecule has 2 aromatic heterocycles. The zero-order valence-corrected chi connectivity index (χ0v) is 23.5. The molecule has 2 N–H and O–H groups in total. The van der Waals surface area contributed by atoms with Gasteiger partial charge in [0.1, 0.15) is 5.02 Å². The van der Waals surface area contributed by atoms with E-state index in [2.05, 4.69) is 25.4 Å². The average Bonchev–Trinajstić information content (AvgIpc) is 3.32. The van der Waals surface area contributed by atoms with E-state index < -0.39 is 0 Å². The maximum Gasteiger partial charge on any atom is 0.293 e. The third kappa shape index (κ3) is 5.45. The Kier molecular flexibility index (Phi) is 7.52. The number of nitrogens with one attached hydrogen (secondary N) is 2. The van der Waals surface area contributed by atoms with Gasteiger partial charge in [-0.3, -0.25) is 14.5 Å². The van der Waals surface area contributed by atoms with Crippen molar-refractivity contribution in [2.24, 2.45) is 7.05 Å². The molecule has 0 spiro atoms. The fourth-order valence-corrected chi connectivity index (χ4v) is 6.10. The van der Waals surface area contributed by atoms with Gasteiger partial charge < -0.3 is 29.6 Å². The standard InChI is InChI=1S/C28H34ClN7O4/c1-30-25(37)16-39-24-12-17-11-18(3-6-23(17)34(2)27(24)38)32-26-22(29)13-31-28(33-26)35-9-7-19(8-10-35)36-14-20-4-5-21(15-36)40-20/h3,6,11-13,19-21H,4-5,7-10,14-16H2,1-2H3,(H,30,37)(H,31,32,33)/t20-,21+. The van der Waals surface area contributed by atoms with Gasteiger partial charge in [-0.15, -0.1) is 0 Å². The van der Waals surface area contributed by atoms with E-state index >= 15 is 0 Å². The van der Waals surface area contributed by atoms with Crippen molar-refractivity contribution >= 4 is 45.9 Å². The second-order valence-electron chi connectivity index (χ2n) is 10.7. The number of fused-ring (bicyclic) bond motifs is 3. The molecule has 1 amide bonds. The lowest BCUT2D eigenvalue weighted by Crippen LogP contribution is -2.52. The number of piperidine rings is 1. The van der Waals surface area contributed by atoms with Gasteiger partial charge in [-0.2, -0.15) is 4.98 Å². The topological polar surface area (TPSA) is 114 Å². The largest absolute Gasteiger partial charge is 0.478 e. The lowest BCUT2D eigenvalue weighted by molar-refractivity contribution is -0.122. The molecular weight excluding hydrogens is 534 g/mol. The Hall–Kier alpha value is -3.41. The molecule has 3 aliphatic heterocycles. The second kappa shape index (κ2) is 11.2. The molecule has 2 atom stereocenters. The molecule has 3 fully saturated rings. The molecule has 1 aromatic carbocycles. The number of likely N-dealkylation sites (N-methyl/N-ethyl adjacent to an activating group) is 1. The molecule has 0 aliphatic carbocycles. The van der Waals surface area contributed by atoms with Crippen molar-refractivity contribution in [2.45, 2.75) is 43.9 Å². The summed E-state index contributed by atoms with van der Waals surface area (Å²) in [7, 11) is 3.19. The van der Waals surface area contributed by atoms with Crippen LogP contribution in [-0.4, -0.2) is 83.4 Å². The van der Waals surface area contributed by atoms with Gasteiger partial charge in [0.05, 0.1) is 23.9 Å². The first-order valence-electron chi connectivity index (χ1n) is 13.8. The van der Waals surface area contributed by atoms with Crippen LogP contribution in [-0.2, 0) is 16.6 Å². The van der Waals surface area contributed by atoms with E-state index in [1.165, 1.54) is 24.5 Å². The first-order chi connectivity index (χ1) is 19.4. The Morgan fingerprint density at radius 1 is 1.15 bits per heavy atom. The average molecular weight is 568 g/mol.